The summed E-state index contributed by atoms with van der Waals surface area (Å²) in [5.74, 6) is -4.39. The van der Waals surface area contributed by atoms with Crippen molar-refractivity contribution in [2.45, 2.75) is 50.8 Å². The molecule has 3 aromatic carbocycles. The van der Waals surface area contributed by atoms with Crippen molar-refractivity contribution in [2.24, 2.45) is 5.92 Å². The summed E-state index contributed by atoms with van der Waals surface area (Å²) < 4.78 is 129. The van der Waals surface area contributed by atoms with Gasteiger partial charge in [-0.1, -0.05) is 31.8 Å². The van der Waals surface area contributed by atoms with Crippen molar-refractivity contribution in [1.29, 1.82) is 0 Å². The van der Waals surface area contributed by atoms with Crippen molar-refractivity contribution in [3.05, 3.63) is 76.4 Å². The molecule has 0 spiro atoms. The third-order valence-electron chi connectivity index (χ3n) is 6.42. The van der Waals surface area contributed by atoms with Gasteiger partial charge in [-0.3, -0.25) is 0 Å². The van der Waals surface area contributed by atoms with Crippen molar-refractivity contribution < 1.29 is 44.3 Å². The van der Waals surface area contributed by atoms with E-state index in [2.05, 4.69) is 11.7 Å². The van der Waals surface area contributed by atoms with Gasteiger partial charge in [-0.25, -0.2) is 17.6 Å². The summed E-state index contributed by atoms with van der Waals surface area (Å²) in [6.45, 7) is 2.11. The first-order valence-electron chi connectivity index (χ1n) is 11.3. The Labute approximate surface area is 206 Å². The van der Waals surface area contributed by atoms with Crippen LogP contribution < -0.4 is 4.74 Å². The first-order chi connectivity index (χ1) is 17.2. The largest absolute Gasteiger partial charge is 0.458 e. The Morgan fingerprint density at radius 3 is 2.11 bits per heavy atom. The second kappa shape index (κ2) is 9.84. The normalized spacial score (nSPS) is 18.4. The summed E-state index contributed by atoms with van der Waals surface area (Å²) in [6.07, 6.45) is -5.84. The predicted molar refractivity (Wildman–Crippen MR) is 118 cm³/mol. The molecule has 0 atom stereocenters. The molecule has 196 valence electrons. The minimum Gasteiger partial charge on any atom is -0.429 e. The Bertz CT molecular complexity index is 1390. The molecule has 0 radical (unpaired) electrons. The molecule has 1 fully saturated rings. The highest BCUT2D eigenvalue weighted by Gasteiger charge is 2.38. The van der Waals surface area contributed by atoms with E-state index in [9.17, 15) is 39.5 Å². The third-order valence-corrected chi connectivity index (χ3v) is 6.42. The Balaban J connectivity index is 1.64. The van der Waals surface area contributed by atoms with E-state index in [-0.39, 0.29) is 5.92 Å². The van der Waals surface area contributed by atoms with Gasteiger partial charge >= 0.3 is 12.3 Å². The van der Waals surface area contributed by atoms with E-state index in [1.54, 1.807) is 0 Å². The highest BCUT2D eigenvalue weighted by Crippen LogP contribution is 2.39. The molecule has 1 nitrogen and oxygen atoms in total. The number of alkyl halides is 5. The zero-order chi connectivity index (χ0) is 27.1. The number of halogens is 9. The van der Waals surface area contributed by atoms with E-state index in [0.717, 1.165) is 37.8 Å². The van der Waals surface area contributed by atoms with Gasteiger partial charge in [0, 0.05) is 12.0 Å². The topological polar surface area (TPSA) is 9.23 Å². The molecule has 0 amide bonds. The lowest BCUT2D eigenvalue weighted by Gasteiger charge is -2.27. The standard InChI is InChI=1S/C27H19F9O/c1-14-2-4-15(5-3-14)16-6-7-20(22(29)11-16)27(35,36)37-18-10-17-12-21(28)19(8-9-26(32,33)34)25(31)24(17)23(30)13-18/h6-7,10-15H,2-5H2,1H3. The maximum atomic E-state index is 14.8. The molecule has 1 saturated carbocycles. The van der Waals surface area contributed by atoms with Gasteiger partial charge in [0.1, 0.15) is 23.2 Å². The fourth-order valence-corrected chi connectivity index (χ4v) is 4.51. The molecule has 0 heterocycles. The van der Waals surface area contributed by atoms with E-state index in [1.165, 1.54) is 12.0 Å². The number of fused-ring (bicyclic) bond motifs is 1. The molecule has 4 rings (SSSR count). The van der Waals surface area contributed by atoms with E-state index >= 15 is 0 Å². The van der Waals surface area contributed by atoms with Crippen LogP contribution in [-0.2, 0) is 6.11 Å². The molecule has 37 heavy (non-hydrogen) atoms. The molecule has 0 aliphatic heterocycles. The molecule has 0 saturated heterocycles. The van der Waals surface area contributed by atoms with Gasteiger partial charge in [0.05, 0.1) is 16.5 Å². The van der Waals surface area contributed by atoms with Gasteiger partial charge in [0.25, 0.3) is 0 Å². The maximum absolute atomic E-state index is 14.8. The number of rotatable bonds is 4. The Hall–Kier alpha value is -3.35. The van der Waals surface area contributed by atoms with Crippen molar-refractivity contribution in [1.82, 2.24) is 0 Å². The lowest BCUT2D eigenvalue weighted by Crippen LogP contribution is -2.24. The van der Waals surface area contributed by atoms with E-state index in [0.29, 0.717) is 35.6 Å². The smallest absolute Gasteiger partial charge is 0.429 e. The predicted octanol–water partition coefficient (Wildman–Crippen LogP) is 8.73. The number of hydrogen-bond acceptors (Lipinski definition) is 1. The first-order valence-corrected chi connectivity index (χ1v) is 11.3. The van der Waals surface area contributed by atoms with Crippen LogP contribution in [0.25, 0.3) is 10.8 Å². The average molecular weight is 530 g/mol. The summed E-state index contributed by atoms with van der Waals surface area (Å²) in [5, 5.41) is -1.58. The summed E-state index contributed by atoms with van der Waals surface area (Å²) in [7, 11) is 0. The Morgan fingerprint density at radius 1 is 0.811 bits per heavy atom. The lowest BCUT2D eigenvalue weighted by atomic mass is 9.79. The molecular formula is C27H19F9O. The lowest BCUT2D eigenvalue weighted by molar-refractivity contribution is -0.187. The molecule has 1 aliphatic rings. The first kappa shape index (κ1) is 26.7. The van der Waals surface area contributed by atoms with Crippen LogP contribution in [-0.4, -0.2) is 6.18 Å². The van der Waals surface area contributed by atoms with Crippen LogP contribution in [0.2, 0.25) is 0 Å². The molecule has 0 aromatic heterocycles. The summed E-state index contributed by atoms with van der Waals surface area (Å²) in [6, 6.07) is 4.72. The Morgan fingerprint density at radius 2 is 1.49 bits per heavy atom. The third kappa shape index (κ3) is 5.81. The molecule has 10 heteroatoms. The minimum atomic E-state index is -5.06. The molecule has 0 bridgehead atoms. The van der Waals surface area contributed by atoms with Gasteiger partial charge in [-0.15, -0.1) is 0 Å². The van der Waals surface area contributed by atoms with Crippen molar-refractivity contribution in [3.8, 4) is 17.6 Å². The Kier molecular flexibility index (Phi) is 7.10. The van der Waals surface area contributed by atoms with Crippen molar-refractivity contribution >= 4 is 10.8 Å². The summed E-state index contributed by atoms with van der Waals surface area (Å²) in [4.78, 5) is 0. The monoisotopic (exact) mass is 530 g/mol. The minimum absolute atomic E-state index is 0.0411. The second-order valence-corrected chi connectivity index (χ2v) is 9.11. The van der Waals surface area contributed by atoms with Crippen molar-refractivity contribution in [3.63, 3.8) is 0 Å². The number of benzene rings is 3. The maximum Gasteiger partial charge on any atom is 0.458 e. The van der Waals surface area contributed by atoms with Gasteiger partial charge < -0.3 is 4.74 Å². The van der Waals surface area contributed by atoms with E-state index in [4.69, 9.17) is 0 Å². The fourth-order valence-electron chi connectivity index (χ4n) is 4.51. The van der Waals surface area contributed by atoms with Crippen LogP contribution in [0.3, 0.4) is 0 Å². The van der Waals surface area contributed by atoms with Crippen LogP contribution in [0.4, 0.5) is 39.5 Å². The molecule has 3 aromatic rings. The molecule has 0 unspecified atom stereocenters. The average Bonchev–Trinajstić information content (AvgIpc) is 2.77. The van der Waals surface area contributed by atoms with Crippen LogP contribution in [0.15, 0.2) is 36.4 Å². The zero-order valence-electron chi connectivity index (χ0n) is 19.3. The molecule has 1 aliphatic carbocycles. The number of hydrogen-bond donors (Lipinski definition) is 0. The van der Waals surface area contributed by atoms with Crippen molar-refractivity contribution in [2.75, 3.05) is 0 Å². The molecular weight excluding hydrogens is 511 g/mol. The van der Waals surface area contributed by atoms with Crippen LogP contribution >= 0.6 is 0 Å². The number of ether oxygens (including phenoxy) is 1. The summed E-state index contributed by atoms with van der Waals surface area (Å²) >= 11 is 0. The summed E-state index contributed by atoms with van der Waals surface area (Å²) in [5.41, 5.74) is -1.87. The van der Waals surface area contributed by atoms with Crippen LogP contribution in [0.5, 0.6) is 5.75 Å². The van der Waals surface area contributed by atoms with E-state index < -0.39 is 63.2 Å². The van der Waals surface area contributed by atoms with E-state index in [1.807, 2.05) is 0 Å². The van der Waals surface area contributed by atoms with Crippen LogP contribution in [0, 0.1) is 41.0 Å². The van der Waals surface area contributed by atoms with Gasteiger partial charge in [-0.2, -0.15) is 22.0 Å². The fraction of sp³-hybridized carbons (Fsp3) is 0.333. The highest BCUT2D eigenvalue weighted by atomic mass is 19.4. The second-order valence-electron chi connectivity index (χ2n) is 9.11. The SMILES string of the molecule is CC1CCC(c2ccc(C(F)(F)Oc3cc(F)c4c(F)c(C#CC(F)(F)F)c(F)cc4c3)c(F)c2)CC1. The zero-order valence-corrected chi connectivity index (χ0v) is 19.3. The van der Waals surface area contributed by atoms with Gasteiger partial charge in [0.2, 0.25) is 0 Å². The highest BCUT2D eigenvalue weighted by molar-refractivity contribution is 5.87. The van der Waals surface area contributed by atoms with Gasteiger partial charge in [-0.05, 0) is 59.9 Å². The molecule has 0 N–H and O–H groups in total. The van der Waals surface area contributed by atoms with Gasteiger partial charge in [0.15, 0.2) is 5.82 Å². The van der Waals surface area contributed by atoms with Crippen LogP contribution in [0.1, 0.15) is 55.2 Å². The quantitative estimate of drug-likeness (QED) is 0.242.